The van der Waals surface area contributed by atoms with Gasteiger partial charge in [0.1, 0.15) is 0 Å². The van der Waals surface area contributed by atoms with E-state index in [2.05, 4.69) is 4.98 Å². The molecule has 4 nitrogen and oxygen atoms in total. The molecule has 146 valence electrons. The van der Waals surface area contributed by atoms with Gasteiger partial charge in [-0.15, -0.1) is 11.8 Å². The van der Waals surface area contributed by atoms with Crippen molar-refractivity contribution >= 4 is 67.6 Å². The first-order valence-electron chi connectivity index (χ1n) is 8.66. The van der Waals surface area contributed by atoms with Gasteiger partial charge in [0.15, 0.2) is 5.13 Å². The van der Waals surface area contributed by atoms with Crippen LogP contribution < -0.4 is 4.90 Å². The fraction of sp³-hybridized carbons (Fsp3) is 0.0952. The maximum atomic E-state index is 13.5. The molecule has 8 heteroatoms. The van der Waals surface area contributed by atoms with E-state index in [-0.39, 0.29) is 5.91 Å². The average Bonchev–Trinajstić information content (AvgIpc) is 3.16. The molecule has 2 aromatic carbocycles. The van der Waals surface area contributed by atoms with Gasteiger partial charge in [-0.25, -0.2) is 4.98 Å². The summed E-state index contributed by atoms with van der Waals surface area (Å²) < 4.78 is 1.03. The number of para-hydroxylation sites is 1. The Balaban J connectivity index is 1.81. The second kappa shape index (κ2) is 8.71. The standard InChI is InChI=1S/C21H15Cl2N3OS2/c1-28-17-5-2-6-18-19(17)25-21(29-18)26(12-13-4-3-9-24-11-13)20(27)15-8-7-14(22)10-16(15)23/h2-11H,12H2,1H3. The first kappa shape index (κ1) is 20.2. The third kappa shape index (κ3) is 4.26. The van der Waals surface area contributed by atoms with Crippen molar-refractivity contribution < 1.29 is 4.79 Å². The van der Waals surface area contributed by atoms with Crippen molar-refractivity contribution in [3.8, 4) is 0 Å². The molecule has 0 aliphatic heterocycles. The van der Waals surface area contributed by atoms with Crippen LogP contribution in [0.1, 0.15) is 15.9 Å². The highest BCUT2D eigenvalue weighted by molar-refractivity contribution is 7.98. The molecule has 0 atom stereocenters. The number of fused-ring (bicyclic) bond motifs is 1. The Labute approximate surface area is 186 Å². The number of anilines is 1. The lowest BCUT2D eigenvalue weighted by Crippen LogP contribution is -2.30. The second-order valence-corrected chi connectivity index (χ2v) is 8.88. The van der Waals surface area contributed by atoms with Gasteiger partial charge < -0.3 is 0 Å². The van der Waals surface area contributed by atoms with Crippen molar-refractivity contribution in [1.82, 2.24) is 9.97 Å². The summed E-state index contributed by atoms with van der Waals surface area (Å²) in [7, 11) is 0. The highest BCUT2D eigenvalue weighted by Gasteiger charge is 2.24. The van der Waals surface area contributed by atoms with Crippen LogP contribution in [-0.4, -0.2) is 22.1 Å². The van der Waals surface area contributed by atoms with Gasteiger partial charge >= 0.3 is 0 Å². The van der Waals surface area contributed by atoms with Crippen LogP contribution >= 0.6 is 46.3 Å². The molecule has 0 saturated heterocycles. The lowest BCUT2D eigenvalue weighted by Gasteiger charge is -2.20. The third-order valence-electron chi connectivity index (χ3n) is 4.29. The molecule has 4 aromatic rings. The quantitative estimate of drug-likeness (QED) is 0.316. The highest BCUT2D eigenvalue weighted by atomic mass is 35.5. The molecule has 0 bridgehead atoms. The smallest absolute Gasteiger partial charge is 0.261 e. The van der Waals surface area contributed by atoms with Gasteiger partial charge in [-0.2, -0.15) is 0 Å². The summed E-state index contributed by atoms with van der Waals surface area (Å²) in [6.07, 6.45) is 5.46. The fourth-order valence-corrected chi connectivity index (χ4v) is 5.01. The Morgan fingerprint density at radius 1 is 1.17 bits per heavy atom. The maximum Gasteiger partial charge on any atom is 0.261 e. The van der Waals surface area contributed by atoms with E-state index in [9.17, 15) is 4.79 Å². The first-order chi connectivity index (χ1) is 14.1. The van der Waals surface area contributed by atoms with Gasteiger partial charge in [0.25, 0.3) is 5.91 Å². The summed E-state index contributed by atoms with van der Waals surface area (Å²) in [4.78, 5) is 25.1. The van der Waals surface area contributed by atoms with Crippen LogP contribution in [-0.2, 0) is 6.54 Å². The SMILES string of the molecule is CSc1cccc2sc(N(Cc3cccnc3)C(=O)c3ccc(Cl)cc3Cl)nc12. The molecule has 0 saturated carbocycles. The van der Waals surface area contributed by atoms with Crippen molar-refractivity contribution in [2.75, 3.05) is 11.2 Å². The van der Waals surface area contributed by atoms with Gasteiger partial charge in [0.05, 0.1) is 27.3 Å². The maximum absolute atomic E-state index is 13.5. The summed E-state index contributed by atoms with van der Waals surface area (Å²) in [5.41, 5.74) is 2.17. The zero-order valence-electron chi connectivity index (χ0n) is 15.3. The van der Waals surface area contributed by atoms with Crippen molar-refractivity contribution in [3.63, 3.8) is 0 Å². The van der Waals surface area contributed by atoms with Gasteiger partial charge in [0.2, 0.25) is 0 Å². The number of nitrogens with zero attached hydrogens (tertiary/aromatic N) is 3. The molecule has 0 spiro atoms. The largest absolute Gasteiger partial charge is 0.279 e. The molecular weight excluding hydrogens is 445 g/mol. The number of thiazole rings is 1. The van der Waals surface area contributed by atoms with Gasteiger partial charge in [-0.05, 0) is 48.2 Å². The van der Waals surface area contributed by atoms with Gasteiger partial charge in [-0.3, -0.25) is 14.7 Å². The predicted molar refractivity (Wildman–Crippen MR) is 123 cm³/mol. The summed E-state index contributed by atoms with van der Waals surface area (Å²) in [5, 5.41) is 1.40. The minimum atomic E-state index is -0.236. The fourth-order valence-electron chi connectivity index (χ4n) is 2.90. The highest BCUT2D eigenvalue weighted by Crippen LogP contribution is 2.36. The number of amides is 1. The molecule has 29 heavy (non-hydrogen) atoms. The average molecular weight is 460 g/mol. The molecule has 0 unspecified atom stereocenters. The number of pyridine rings is 1. The van der Waals surface area contributed by atoms with Gasteiger partial charge in [0, 0.05) is 22.3 Å². The first-order valence-corrected chi connectivity index (χ1v) is 11.5. The summed E-state index contributed by atoms with van der Waals surface area (Å²) in [6, 6.07) is 14.7. The summed E-state index contributed by atoms with van der Waals surface area (Å²) in [6.45, 7) is 0.333. The lowest BCUT2D eigenvalue weighted by molar-refractivity contribution is 0.0985. The Morgan fingerprint density at radius 3 is 2.76 bits per heavy atom. The summed E-state index contributed by atoms with van der Waals surface area (Å²) >= 11 is 15.4. The molecule has 2 aromatic heterocycles. The number of aromatic nitrogens is 2. The van der Waals surface area contributed by atoms with E-state index >= 15 is 0 Å². The molecule has 0 aliphatic rings. The summed E-state index contributed by atoms with van der Waals surface area (Å²) in [5.74, 6) is -0.236. The molecule has 0 aliphatic carbocycles. The predicted octanol–water partition coefficient (Wildman–Crippen LogP) is 6.57. The number of carbonyl (C=O) groups is 1. The Bertz CT molecular complexity index is 1180. The van der Waals surface area contributed by atoms with Crippen LogP contribution in [0.3, 0.4) is 0 Å². The van der Waals surface area contributed by atoms with E-state index in [1.54, 1.807) is 47.3 Å². The Kier molecular flexibility index (Phi) is 6.06. The van der Waals surface area contributed by atoms with E-state index in [4.69, 9.17) is 28.2 Å². The normalized spacial score (nSPS) is 11.0. The van der Waals surface area contributed by atoms with Crippen LogP contribution in [0.15, 0.2) is 65.8 Å². The molecule has 2 heterocycles. The number of thioether (sulfide) groups is 1. The minimum Gasteiger partial charge on any atom is -0.279 e. The third-order valence-corrected chi connectivity index (χ3v) is 6.65. The number of hydrogen-bond acceptors (Lipinski definition) is 5. The molecule has 0 fully saturated rings. The van der Waals surface area contributed by atoms with Crippen molar-refractivity contribution in [3.05, 3.63) is 82.1 Å². The molecular formula is C21H15Cl2N3OS2. The number of benzene rings is 2. The monoisotopic (exact) mass is 459 g/mol. The van der Waals surface area contributed by atoms with Gasteiger partial charge in [-0.1, -0.05) is 46.7 Å². The Hall–Kier alpha value is -2.12. The van der Waals surface area contributed by atoms with Crippen molar-refractivity contribution in [2.45, 2.75) is 11.4 Å². The van der Waals surface area contributed by atoms with Crippen LogP contribution in [0.25, 0.3) is 10.2 Å². The molecule has 0 radical (unpaired) electrons. The lowest BCUT2D eigenvalue weighted by atomic mass is 10.2. The van der Waals surface area contributed by atoms with E-state index in [1.807, 2.05) is 36.6 Å². The second-order valence-electron chi connectivity index (χ2n) is 6.18. The number of rotatable bonds is 5. The molecule has 1 amide bonds. The minimum absolute atomic E-state index is 0.236. The van der Waals surface area contributed by atoms with Crippen molar-refractivity contribution in [2.24, 2.45) is 0 Å². The van der Waals surface area contributed by atoms with Crippen LogP contribution in [0, 0.1) is 0 Å². The van der Waals surface area contributed by atoms with E-state index < -0.39 is 0 Å². The van der Waals surface area contributed by atoms with Crippen LogP contribution in [0.5, 0.6) is 0 Å². The topological polar surface area (TPSA) is 46.1 Å². The van der Waals surface area contributed by atoms with E-state index in [0.717, 1.165) is 20.7 Å². The number of carbonyl (C=O) groups excluding carboxylic acids is 1. The zero-order valence-corrected chi connectivity index (χ0v) is 18.4. The van der Waals surface area contributed by atoms with Crippen molar-refractivity contribution in [1.29, 1.82) is 0 Å². The number of halogens is 2. The van der Waals surface area contributed by atoms with Crippen LogP contribution in [0.4, 0.5) is 5.13 Å². The Morgan fingerprint density at radius 2 is 2.03 bits per heavy atom. The van der Waals surface area contributed by atoms with E-state index in [0.29, 0.717) is 27.3 Å². The molecule has 4 rings (SSSR count). The molecule has 0 N–H and O–H groups in total. The number of hydrogen-bond donors (Lipinski definition) is 0. The van der Waals surface area contributed by atoms with E-state index in [1.165, 1.54) is 11.3 Å². The zero-order chi connectivity index (χ0) is 20.4. The van der Waals surface area contributed by atoms with Crippen LogP contribution in [0.2, 0.25) is 10.0 Å².